The number of hydrogen-bond donors (Lipinski definition) is 1. The van der Waals surface area contributed by atoms with Gasteiger partial charge in [-0.2, -0.15) is 0 Å². The van der Waals surface area contributed by atoms with Crippen molar-refractivity contribution < 1.29 is 0 Å². The molecule has 1 aliphatic rings. The van der Waals surface area contributed by atoms with Crippen molar-refractivity contribution in [1.29, 1.82) is 0 Å². The van der Waals surface area contributed by atoms with Crippen LogP contribution in [0.3, 0.4) is 0 Å². The van der Waals surface area contributed by atoms with Crippen molar-refractivity contribution in [1.82, 2.24) is 0 Å². The van der Waals surface area contributed by atoms with E-state index in [-0.39, 0.29) is 5.54 Å². The third-order valence-electron chi connectivity index (χ3n) is 2.63. The smallest absolute Gasteiger partial charge is 0.0163 e. The number of allylic oxidation sites excluding steroid dienone is 1. The standard InChI is InChI=1S/C11H21N/c1-10-7-5-3-4-6-8-11(2,12)9-10/h7H,3-6,8-9,12H2,1-2H3/b10-7-. The van der Waals surface area contributed by atoms with E-state index in [0.29, 0.717) is 0 Å². The van der Waals surface area contributed by atoms with E-state index in [4.69, 9.17) is 5.73 Å². The summed E-state index contributed by atoms with van der Waals surface area (Å²) in [4.78, 5) is 0. The molecule has 0 fully saturated rings. The normalized spacial score (nSPS) is 37.4. The van der Waals surface area contributed by atoms with Crippen molar-refractivity contribution in [3.8, 4) is 0 Å². The Hall–Kier alpha value is -0.300. The molecular weight excluding hydrogens is 146 g/mol. The molecule has 1 atom stereocenters. The molecule has 1 nitrogen and oxygen atoms in total. The lowest BCUT2D eigenvalue weighted by atomic mass is 9.90. The Balaban J connectivity index is 2.57. The lowest BCUT2D eigenvalue weighted by molar-refractivity contribution is 0.410. The summed E-state index contributed by atoms with van der Waals surface area (Å²) in [5.74, 6) is 0. The first-order valence-electron chi connectivity index (χ1n) is 5.05. The molecule has 1 rings (SSSR count). The molecule has 0 heterocycles. The highest BCUT2D eigenvalue weighted by Gasteiger charge is 2.18. The minimum atomic E-state index is 0.0466. The van der Waals surface area contributed by atoms with Gasteiger partial charge in [-0.1, -0.05) is 24.5 Å². The summed E-state index contributed by atoms with van der Waals surface area (Å²) in [5.41, 5.74) is 7.69. The van der Waals surface area contributed by atoms with Crippen LogP contribution in [-0.2, 0) is 0 Å². The quantitative estimate of drug-likeness (QED) is 0.551. The first-order valence-corrected chi connectivity index (χ1v) is 5.05. The average molecular weight is 167 g/mol. The second-order valence-electron chi connectivity index (χ2n) is 4.48. The fourth-order valence-corrected chi connectivity index (χ4v) is 2.00. The van der Waals surface area contributed by atoms with Gasteiger partial charge in [0.15, 0.2) is 0 Å². The number of hydrogen-bond acceptors (Lipinski definition) is 1. The number of nitrogens with two attached hydrogens (primary N) is 1. The molecule has 2 N–H and O–H groups in total. The van der Waals surface area contributed by atoms with E-state index < -0.39 is 0 Å². The van der Waals surface area contributed by atoms with Crippen molar-refractivity contribution in [2.45, 2.75) is 57.9 Å². The van der Waals surface area contributed by atoms with E-state index in [1.54, 1.807) is 0 Å². The minimum Gasteiger partial charge on any atom is -0.325 e. The van der Waals surface area contributed by atoms with Gasteiger partial charge in [0.25, 0.3) is 0 Å². The van der Waals surface area contributed by atoms with Crippen molar-refractivity contribution in [3.63, 3.8) is 0 Å². The second kappa shape index (κ2) is 4.08. The Morgan fingerprint density at radius 3 is 2.83 bits per heavy atom. The third kappa shape index (κ3) is 3.40. The van der Waals surface area contributed by atoms with E-state index >= 15 is 0 Å². The van der Waals surface area contributed by atoms with E-state index in [1.807, 2.05) is 0 Å². The Bertz CT molecular complexity index is 168. The highest BCUT2D eigenvalue weighted by molar-refractivity contribution is 5.04. The molecule has 0 saturated heterocycles. The topological polar surface area (TPSA) is 26.0 Å². The zero-order valence-corrected chi connectivity index (χ0v) is 8.40. The zero-order chi connectivity index (χ0) is 9.03. The van der Waals surface area contributed by atoms with Gasteiger partial charge in [-0.05, 0) is 39.5 Å². The SMILES string of the molecule is C/C1=C/CCCCCC(C)(N)C1. The monoisotopic (exact) mass is 167 g/mol. The molecule has 1 aliphatic carbocycles. The van der Waals surface area contributed by atoms with Crippen LogP contribution >= 0.6 is 0 Å². The van der Waals surface area contributed by atoms with Crippen LogP contribution in [0.2, 0.25) is 0 Å². The van der Waals surface area contributed by atoms with Crippen molar-refractivity contribution >= 4 is 0 Å². The summed E-state index contributed by atoms with van der Waals surface area (Å²) in [6.45, 7) is 4.38. The maximum absolute atomic E-state index is 6.17. The van der Waals surface area contributed by atoms with Crippen molar-refractivity contribution in [2.24, 2.45) is 5.73 Å². The van der Waals surface area contributed by atoms with Crippen LogP contribution in [-0.4, -0.2) is 5.54 Å². The molecule has 12 heavy (non-hydrogen) atoms. The van der Waals surface area contributed by atoms with Gasteiger partial charge in [0.2, 0.25) is 0 Å². The first kappa shape index (κ1) is 9.79. The first-order chi connectivity index (χ1) is 5.60. The molecular formula is C11H21N. The third-order valence-corrected chi connectivity index (χ3v) is 2.63. The largest absolute Gasteiger partial charge is 0.325 e. The molecule has 1 heteroatoms. The van der Waals surface area contributed by atoms with Crippen molar-refractivity contribution in [3.05, 3.63) is 11.6 Å². The Morgan fingerprint density at radius 2 is 2.08 bits per heavy atom. The summed E-state index contributed by atoms with van der Waals surface area (Å²) < 4.78 is 0. The highest BCUT2D eigenvalue weighted by atomic mass is 14.7. The lowest BCUT2D eigenvalue weighted by Crippen LogP contribution is -2.36. The molecule has 0 saturated carbocycles. The molecule has 1 unspecified atom stereocenters. The maximum Gasteiger partial charge on any atom is 0.0163 e. The van der Waals surface area contributed by atoms with Gasteiger partial charge in [-0.15, -0.1) is 0 Å². The van der Waals surface area contributed by atoms with Gasteiger partial charge in [0.05, 0.1) is 0 Å². The second-order valence-corrected chi connectivity index (χ2v) is 4.48. The average Bonchev–Trinajstić information content (AvgIpc) is 1.99. The van der Waals surface area contributed by atoms with Crippen LogP contribution in [0.1, 0.15) is 52.4 Å². The Labute approximate surface area is 76.0 Å². The molecule has 70 valence electrons. The minimum absolute atomic E-state index is 0.0466. The summed E-state index contributed by atoms with van der Waals surface area (Å²) in [7, 11) is 0. The molecule has 0 amide bonds. The summed E-state index contributed by atoms with van der Waals surface area (Å²) >= 11 is 0. The van der Waals surface area contributed by atoms with Crippen LogP contribution in [0.4, 0.5) is 0 Å². The van der Waals surface area contributed by atoms with Crippen LogP contribution in [0.25, 0.3) is 0 Å². The molecule has 0 aromatic carbocycles. The summed E-state index contributed by atoms with van der Waals surface area (Å²) in [6.07, 6.45) is 9.85. The van der Waals surface area contributed by atoms with E-state index in [9.17, 15) is 0 Å². The Morgan fingerprint density at radius 1 is 1.33 bits per heavy atom. The van der Waals surface area contributed by atoms with Crippen LogP contribution in [0.5, 0.6) is 0 Å². The molecule has 0 bridgehead atoms. The molecule has 0 spiro atoms. The summed E-state index contributed by atoms with van der Waals surface area (Å²) in [5, 5.41) is 0. The van der Waals surface area contributed by atoms with Gasteiger partial charge >= 0.3 is 0 Å². The van der Waals surface area contributed by atoms with Crippen molar-refractivity contribution in [2.75, 3.05) is 0 Å². The molecule has 0 aromatic rings. The van der Waals surface area contributed by atoms with E-state index in [0.717, 1.165) is 6.42 Å². The zero-order valence-electron chi connectivity index (χ0n) is 8.40. The van der Waals surface area contributed by atoms with Crippen LogP contribution in [0, 0.1) is 0 Å². The van der Waals surface area contributed by atoms with E-state index in [1.165, 1.54) is 37.7 Å². The number of rotatable bonds is 0. The maximum atomic E-state index is 6.17. The summed E-state index contributed by atoms with van der Waals surface area (Å²) in [6, 6.07) is 0. The lowest BCUT2D eigenvalue weighted by Gasteiger charge is -2.24. The van der Waals surface area contributed by atoms with Gasteiger partial charge < -0.3 is 5.73 Å². The Kier molecular flexibility index (Phi) is 3.33. The van der Waals surface area contributed by atoms with Gasteiger partial charge in [-0.3, -0.25) is 0 Å². The van der Waals surface area contributed by atoms with Gasteiger partial charge in [-0.25, -0.2) is 0 Å². The van der Waals surface area contributed by atoms with E-state index in [2.05, 4.69) is 19.9 Å². The highest BCUT2D eigenvalue weighted by Crippen LogP contribution is 2.23. The van der Waals surface area contributed by atoms with Gasteiger partial charge in [0, 0.05) is 5.54 Å². The molecule has 0 aliphatic heterocycles. The molecule has 0 aromatic heterocycles. The van der Waals surface area contributed by atoms with Crippen LogP contribution < -0.4 is 5.73 Å². The fraction of sp³-hybridized carbons (Fsp3) is 0.818. The predicted molar refractivity (Wildman–Crippen MR) is 54.1 cm³/mol. The van der Waals surface area contributed by atoms with Crippen LogP contribution in [0.15, 0.2) is 11.6 Å². The predicted octanol–water partition coefficient (Wildman–Crippen LogP) is 3.00. The fourth-order valence-electron chi connectivity index (χ4n) is 2.00. The molecule has 0 radical (unpaired) electrons. The van der Waals surface area contributed by atoms with Gasteiger partial charge in [0.1, 0.15) is 0 Å².